The molecule has 8 heteroatoms. The van der Waals surface area contributed by atoms with Gasteiger partial charge in [-0.05, 0) is 37.2 Å². The summed E-state index contributed by atoms with van der Waals surface area (Å²) >= 11 is 0.320. The molecule has 0 aliphatic heterocycles. The van der Waals surface area contributed by atoms with Crippen LogP contribution >= 0.6 is 11.8 Å². The predicted molar refractivity (Wildman–Crippen MR) is 80.9 cm³/mol. The van der Waals surface area contributed by atoms with Gasteiger partial charge in [0.1, 0.15) is 6.54 Å². The third-order valence-electron chi connectivity index (χ3n) is 3.00. The lowest BCUT2D eigenvalue weighted by Crippen LogP contribution is -2.30. The number of thioether (sulfide) groups is 1. The molecule has 1 amide bonds. The number of rotatable bonds is 7. The lowest BCUT2D eigenvalue weighted by atomic mass is 10.3. The van der Waals surface area contributed by atoms with Crippen LogP contribution in [0.25, 0.3) is 11.0 Å². The van der Waals surface area contributed by atoms with E-state index in [1.165, 1.54) is 4.57 Å². The summed E-state index contributed by atoms with van der Waals surface area (Å²) in [5, 5.41) is 11.9. The highest BCUT2D eigenvalue weighted by atomic mass is 32.2. The largest absolute Gasteiger partial charge is 0.393 e. The summed E-state index contributed by atoms with van der Waals surface area (Å²) in [5.41, 5.74) is 1.21. The van der Waals surface area contributed by atoms with Crippen LogP contribution in [0.5, 0.6) is 0 Å². The van der Waals surface area contributed by atoms with Gasteiger partial charge in [0.05, 0.1) is 17.1 Å². The minimum absolute atomic E-state index is 0.0879. The van der Waals surface area contributed by atoms with E-state index in [1.54, 1.807) is 31.2 Å². The fourth-order valence-electron chi connectivity index (χ4n) is 2.00. The van der Waals surface area contributed by atoms with Gasteiger partial charge < -0.3 is 15.0 Å². The molecule has 2 N–H and O–H groups in total. The van der Waals surface area contributed by atoms with E-state index in [1.807, 2.05) is 0 Å². The maximum Gasteiger partial charge on any atom is 0.291 e. The molecule has 22 heavy (non-hydrogen) atoms. The fourth-order valence-corrected chi connectivity index (χ4v) is 2.60. The summed E-state index contributed by atoms with van der Waals surface area (Å²) in [7, 11) is 0. The number of para-hydroxylation sites is 2. The van der Waals surface area contributed by atoms with E-state index in [9.17, 15) is 13.6 Å². The molecule has 0 bridgehead atoms. The van der Waals surface area contributed by atoms with E-state index in [0.717, 1.165) is 0 Å². The van der Waals surface area contributed by atoms with Crippen LogP contribution in [0, 0.1) is 0 Å². The normalized spacial score (nSPS) is 12.8. The fraction of sp³-hybridized carbons (Fsp3) is 0.429. The first-order valence-corrected chi connectivity index (χ1v) is 7.70. The first-order chi connectivity index (χ1) is 10.5. The topological polar surface area (TPSA) is 67.2 Å². The summed E-state index contributed by atoms with van der Waals surface area (Å²) in [5.74, 6) is -2.91. The van der Waals surface area contributed by atoms with Crippen molar-refractivity contribution in [3.63, 3.8) is 0 Å². The first kappa shape index (κ1) is 16.7. The highest BCUT2D eigenvalue weighted by molar-refractivity contribution is 7.99. The average Bonchev–Trinajstić information content (AvgIpc) is 2.75. The molecular weight excluding hydrogens is 312 g/mol. The number of nitrogens with zero attached hydrogens (tertiary/aromatic N) is 2. The van der Waals surface area contributed by atoms with E-state index < -0.39 is 11.9 Å². The van der Waals surface area contributed by atoms with Crippen molar-refractivity contribution < 1.29 is 18.7 Å². The van der Waals surface area contributed by atoms with Crippen LogP contribution in [0.4, 0.5) is 8.78 Å². The van der Waals surface area contributed by atoms with Crippen molar-refractivity contribution in [3.05, 3.63) is 24.3 Å². The Bertz CT molecular complexity index is 646. The quantitative estimate of drug-likeness (QED) is 0.765. The van der Waals surface area contributed by atoms with Crippen LogP contribution in [0.2, 0.25) is 0 Å². The number of imidazole rings is 1. The molecule has 1 aromatic heterocycles. The minimum atomic E-state index is -2.60. The zero-order valence-corrected chi connectivity index (χ0v) is 12.8. The van der Waals surface area contributed by atoms with Gasteiger partial charge in [-0.15, -0.1) is 0 Å². The van der Waals surface area contributed by atoms with Crippen LogP contribution < -0.4 is 5.32 Å². The van der Waals surface area contributed by atoms with Crippen molar-refractivity contribution in [1.29, 1.82) is 0 Å². The zero-order valence-electron chi connectivity index (χ0n) is 12.0. The van der Waals surface area contributed by atoms with Crippen LogP contribution in [0.3, 0.4) is 0 Å². The van der Waals surface area contributed by atoms with Gasteiger partial charge in [-0.1, -0.05) is 12.1 Å². The number of carbonyl (C=O) groups excluding carboxylic acids is 1. The molecule has 0 aliphatic rings. The van der Waals surface area contributed by atoms with E-state index >= 15 is 0 Å². The number of carbonyl (C=O) groups is 1. The summed E-state index contributed by atoms with van der Waals surface area (Å²) in [6.07, 6.45) is -0.0611. The van der Waals surface area contributed by atoms with Gasteiger partial charge in [-0.25, -0.2) is 4.98 Å². The summed E-state index contributed by atoms with van der Waals surface area (Å²) in [6.45, 7) is 1.88. The minimum Gasteiger partial charge on any atom is -0.393 e. The molecule has 1 atom stereocenters. The summed E-state index contributed by atoms with van der Waals surface area (Å²) < 4.78 is 26.8. The Hall–Kier alpha value is -1.67. The number of halogens is 2. The SMILES string of the molecule is CC(O)CCNC(=O)Cn1c(SC(F)F)nc2ccccc21. The van der Waals surface area contributed by atoms with Gasteiger partial charge in [0, 0.05) is 6.54 Å². The van der Waals surface area contributed by atoms with Gasteiger partial charge in [0.25, 0.3) is 5.76 Å². The second kappa shape index (κ2) is 7.55. The van der Waals surface area contributed by atoms with Crippen molar-refractivity contribution in [1.82, 2.24) is 14.9 Å². The predicted octanol–water partition coefficient (Wildman–Crippen LogP) is 2.24. The molecule has 120 valence electrons. The highest BCUT2D eigenvalue weighted by Crippen LogP contribution is 2.28. The molecule has 2 aromatic rings. The van der Waals surface area contributed by atoms with E-state index in [4.69, 9.17) is 5.11 Å². The molecule has 0 aliphatic carbocycles. The maximum absolute atomic E-state index is 12.6. The Balaban J connectivity index is 2.15. The zero-order chi connectivity index (χ0) is 16.1. The van der Waals surface area contributed by atoms with Crippen LogP contribution in [-0.2, 0) is 11.3 Å². The number of hydrogen-bond donors (Lipinski definition) is 2. The second-order valence-electron chi connectivity index (χ2n) is 4.84. The van der Waals surface area contributed by atoms with Crippen LogP contribution in [0.1, 0.15) is 13.3 Å². The molecule has 0 saturated carbocycles. The molecule has 1 heterocycles. The van der Waals surface area contributed by atoms with Gasteiger partial charge in [0.2, 0.25) is 5.91 Å². The molecular formula is C14H17F2N3O2S. The maximum atomic E-state index is 12.6. The number of nitrogens with one attached hydrogen (secondary N) is 1. The number of fused-ring (bicyclic) bond motifs is 1. The molecule has 1 unspecified atom stereocenters. The van der Waals surface area contributed by atoms with Crippen LogP contribution in [0.15, 0.2) is 29.4 Å². The summed E-state index contributed by atoms with van der Waals surface area (Å²) in [6, 6.07) is 6.98. The number of aliphatic hydroxyl groups is 1. The van der Waals surface area contributed by atoms with Crippen molar-refractivity contribution in [2.75, 3.05) is 6.54 Å². The Morgan fingerprint density at radius 2 is 2.18 bits per heavy atom. The number of alkyl halides is 2. The molecule has 0 radical (unpaired) electrons. The number of aromatic nitrogens is 2. The number of amides is 1. The van der Waals surface area contributed by atoms with Crippen molar-refractivity contribution in [3.8, 4) is 0 Å². The lowest BCUT2D eigenvalue weighted by Gasteiger charge is -2.10. The molecule has 2 rings (SSSR count). The Kier molecular flexibility index (Phi) is 5.73. The van der Waals surface area contributed by atoms with E-state index in [2.05, 4.69) is 10.3 Å². The number of hydrogen-bond acceptors (Lipinski definition) is 4. The van der Waals surface area contributed by atoms with Gasteiger partial charge in [-0.2, -0.15) is 8.78 Å². The number of aliphatic hydroxyl groups excluding tert-OH is 1. The third kappa shape index (κ3) is 4.41. The Labute approximate surface area is 130 Å². The highest BCUT2D eigenvalue weighted by Gasteiger charge is 2.17. The van der Waals surface area contributed by atoms with Gasteiger partial charge in [0.15, 0.2) is 5.16 Å². The van der Waals surface area contributed by atoms with E-state index in [-0.39, 0.29) is 17.6 Å². The third-order valence-corrected chi connectivity index (χ3v) is 3.70. The smallest absolute Gasteiger partial charge is 0.291 e. The Morgan fingerprint density at radius 1 is 1.45 bits per heavy atom. The van der Waals surface area contributed by atoms with Crippen molar-refractivity contribution in [2.24, 2.45) is 0 Å². The molecule has 0 spiro atoms. The lowest BCUT2D eigenvalue weighted by molar-refractivity contribution is -0.121. The van der Waals surface area contributed by atoms with Gasteiger partial charge in [-0.3, -0.25) is 4.79 Å². The monoisotopic (exact) mass is 329 g/mol. The van der Waals surface area contributed by atoms with Crippen LogP contribution in [-0.4, -0.2) is 39.0 Å². The van der Waals surface area contributed by atoms with E-state index in [0.29, 0.717) is 35.8 Å². The molecule has 1 aromatic carbocycles. The summed E-state index contributed by atoms with van der Waals surface area (Å²) in [4.78, 5) is 16.1. The molecule has 0 fully saturated rings. The molecule has 5 nitrogen and oxygen atoms in total. The van der Waals surface area contributed by atoms with Gasteiger partial charge >= 0.3 is 0 Å². The molecule has 0 saturated heterocycles. The second-order valence-corrected chi connectivity index (χ2v) is 5.79. The van der Waals surface area contributed by atoms with Crippen molar-refractivity contribution in [2.45, 2.75) is 36.9 Å². The van der Waals surface area contributed by atoms with Crippen molar-refractivity contribution >= 4 is 28.7 Å². The standard InChI is InChI=1S/C14H17F2N3O2S/c1-9(20)6-7-17-12(21)8-19-11-5-3-2-4-10(11)18-14(19)22-13(15)16/h2-5,9,13,20H,6-8H2,1H3,(H,17,21). The Morgan fingerprint density at radius 3 is 2.86 bits per heavy atom. The average molecular weight is 329 g/mol. The number of benzene rings is 1. The first-order valence-electron chi connectivity index (χ1n) is 6.82.